The van der Waals surface area contributed by atoms with Gasteiger partial charge in [-0.1, -0.05) is 25.6 Å². The standard InChI is InChI=1S/C12H22N2S/c1-4-12(6-5-7-12)14-11-13-10(3)9(2)8-15-11/h9-10H,4-8H2,1-3H3,(H,13,14). The fourth-order valence-electron chi connectivity index (χ4n) is 2.16. The Labute approximate surface area is 97.3 Å². The summed E-state index contributed by atoms with van der Waals surface area (Å²) in [6, 6.07) is 0.489. The molecule has 0 amide bonds. The fourth-order valence-corrected chi connectivity index (χ4v) is 3.39. The number of rotatable bonds is 2. The molecule has 1 heterocycles. The van der Waals surface area contributed by atoms with Gasteiger partial charge >= 0.3 is 0 Å². The Morgan fingerprint density at radius 3 is 2.67 bits per heavy atom. The Morgan fingerprint density at radius 2 is 2.20 bits per heavy atom. The van der Waals surface area contributed by atoms with Crippen molar-refractivity contribution < 1.29 is 0 Å². The summed E-state index contributed by atoms with van der Waals surface area (Å²) in [6.07, 6.45) is 5.27. The van der Waals surface area contributed by atoms with Crippen LogP contribution >= 0.6 is 11.8 Å². The lowest BCUT2D eigenvalue weighted by Gasteiger charge is -2.43. The van der Waals surface area contributed by atoms with E-state index in [2.05, 4.69) is 26.1 Å². The number of hydrogen-bond donors (Lipinski definition) is 1. The number of nitrogens with one attached hydrogen (secondary N) is 1. The van der Waals surface area contributed by atoms with Gasteiger partial charge in [0.2, 0.25) is 0 Å². The first-order valence-corrected chi connectivity index (χ1v) is 7.12. The van der Waals surface area contributed by atoms with Gasteiger partial charge in [-0.15, -0.1) is 0 Å². The van der Waals surface area contributed by atoms with Crippen LogP contribution in [0.2, 0.25) is 0 Å². The van der Waals surface area contributed by atoms with Crippen molar-refractivity contribution in [1.29, 1.82) is 0 Å². The molecule has 1 N–H and O–H groups in total. The molecule has 1 aliphatic heterocycles. The molecule has 2 atom stereocenters. The van der Waals surface area contributed by atoms with Crippen LogP contribution in [0.15, 0.2) is 4.99 Å². The second-order valence-corrected chi connectivity index (χ2v) is 6.08. The van der Waals surface area contributed by atoms with Gasteiger partial charge in [-0.3, -0.25) is 4.99 Å². The topological polar surface area (TPSA) is 24.4 Å². The average Bonchev–Trinajstić information content (AvgIpc) is 2.17. The number of amidine groups is 1. The molecule has 0 radical (unpaired) electrons. The van der Waals surface area contributed by atoms with Crippen LogP contribution in [-0.2, 0) is 0 Å². The molecule has 1 fully saturated rings. The third kappa shape index (κ3) is 2.32. The lowest BCUT2D eigenvalue weighted by Crippen LogP contribution is -2.53. The summed E-state index contributed by atoms with van der Waals surface area (Å²) in [7, 11) is 0. The molecule has 0 aromatic heterocycles. The lowest BCUT2D eigenvalue weighted by molar-refractivity contribution is 0.210. The summed E-state index contributed by atoms with van der Waals surface area (Å²) in [5.74, 6) is 1.94. The molecule has 2 unspecified atom stereocenters. The molecular formula is C12H22N2S. The molecule has 2 rings (SSSR count). The minimum atomic E-state index is 0.395. The van der Waals surface area contributed by atoms with E-state index < -0.39 is 0 Å². The van der Waals surface area contributed by atoms with Crippen molar-refractivity contribution in [3.8, 4) is 0 Å². The second kappa shape index (κ2) is 4.36. The summed E-state index contributed by atoms with van der Waals surface area (Å²) in [6.45, 7) is 6.80. The van der Waals surface area contributed by atoms with Crippen LogP contribution in [0.4, 0.5) is 0 Å². The highest BCUT2D eigenvalue weighted by Crippen LogP contribution is 2.36. The Bertz CT molecular complexity index is 253. The Balaban J connectivity index is 1.97. The van der Waals surface area contributed by atoms with Crippen LogP contribution < -0.4 is 5.32 Å². The van der Waals surface area contributed by atoms with Gasteiger partial charge in [0, 0.05) is 11.3 Å². The van der Waals surface area contributed by atoms with E-state index in [1.807, 2.05) is 11.8 Å². The fraction of sp³-hybridized carbons (Fsp3) is 0.917. The van der Waals surface area contributed by atoms with Crippen molar-refractivity contribution in [3.63, 3.8) is 0 Å². The van der Waals surface area contributed by atoms with Crippen LogP contribution in [0.25, 0.3) is 0 Å². The predicted octanol–water partition coefficient (Wildman–Crippen LogP) is 3.04. The van der Waals surface area contributed by atoms with E-state index in [0.29, 0.717) is 11.6 Å². The van der Waals surface area contributed by atoms with E-state index in [4.69, 9.17) is 4.99 Å². The first-order valence-electron chi connectivity index (χ1n) is 6.14. The normalized spacial score (nSPS) is 34.2. The maximum atomic E-state index is 4.75. The number of nitrogens with zero attached hydrogens (tertiary/aromatic N) is 1. The molecule has 0 aromatic rings. The highest BCUT2D eigenvalue weighted by atomic mass is 32.2. The average molecular weight is 226 g/mol. The summed E-state index contributed by atoms with van der Waals surface area (Å²) in [4.78, 5) is 4.75. The maximum absolute atomic E-state index is 4.75. The van der Waals surface area contributed by atoms with Gasteiger partial charge in [0.15, 0.2) is 5.17 Å². The van der Waals surface area contributed by atoms with Gasteiger partial charge in [-0.25, -0.2) is 0 Å². The molecule has 0 bridgehead atoms. The molecule has 0 spiro atoms. The highest BCUT2D eigenvalue weighted by molar-refractivity contribution is 8.13. The van der Waals surface area contributed by atoms with Gasteiger partial charge in [0.05, 0.1) is 6.04 Å². The van der Waals surface area contributed by atoms with Crippen molar-refractivity contribution in [3.05, 3.63) is 0 Å². The molecule has 0 aromatic carbocycles. The zero-order chi connectivity index (χ0) is 10.9. The van der Waals surface area contributed by atoms with E-state index in [0.717, 1.165) is 5.92 Å². The van der Waals surface area contributed by atoms with Crippen LogP contribution in [0.1, 0.15) is 46.5 Å². The third-order valence-electron chi connectivity index (χ3n) is 3.99. The molecule has 1 saturated carbocycles. The molecule has 3 heteroatoms. The van der Waals surface area contributed by atoms with Crippen molar-refractivity contribution in [2.24, 2.45) is 10.9 Å². The first kappa shape index (κ1) is 11.3. The van der Waals surface area contributed by atoms with E-state index in [1.54, 1.807) is 0 Å². The predicted molar refractivity (Wildman–Crippen MR) is 68.5 cm³/mol. The summed E-state index contributed by atoms with van der Waals surface area (Å²) >= 11 is 1.91. The maximum Gasteiger partial charge on any atom is 0.157 e. The smallest absolute Gasteiger partial charge is 0.157 e. The van der Waals surface area contributed by atoms with E-state index in [9.17, 15) is 0 Å². The van der Waals surface area contributed by atoms with Crippen LogP contribution in [0, 0.1) is 5.92 Å². The zero-order valence-electron chi connectivity index (χ0n) is 10.0. The van der Waals surface area contributed by atoms with E-state index in [1.165, 1.54) is 36.6 Å². The van der Waals surface area contributed by atoms with Gasteiger partial charge in [-0.05, 0) is 38.5 Å². The largest absolute Gasteiger partial charge is 0.359 e. The highest BCUT2D eigenvalue weighted by Gasteiger charge is 2.36. The molecule has 1 aliphatic carbocycles. The first-order chi connectivity index (χ1) is 7.15. The van der Waals surface area contributed by atoms with E-state index in [-0.39, 0.29) is 0 Å². The van der Waals surface area contributed by atoms with Gasteiger partial charge in [0.1, 0.15) is 0 Å². The van der Waals surface area contributed by atoms with Gasteiger partial charge in [-0.2, -0.15) is 0 Å². The molecule has 0 saturated heterocycles. The number of thioether (sulfide) groups is 1. The Kier molecular flexibility index (Phi) is 3.29. The van der Waals surface area contributed by atoms with E-state index >= 15 is 0 Å². The molecule has 2 nitrogen and oxygen atoms in total. The Hall–Kier alpha value is -0.180. The lowest BCUT2D eigenvalue weighted by atomic mass is 9.75. The van der Waals surface area contributed by atoms with Crippen molar-refractivity contribution in [2.45, 2.75) is 58.0 Å². The Morgan fingerprint density at radius 1 is 1.47 bits per heavy atom. The van der Waals surface area contributed by atoms with Gasteiger partial charge in [0.25, 0.3) is 0 Å². The van der Waals surface area contributed by atoms with Crippen molar-refractivity contribution in [1.82, 2.24) is 5.32 Å². The molecular weight excluding hydrogens is 204 g/mol. The van der Waals surface area contributed by atoms with Crippen LogP contribution in [0.3, 0.4) is 0 Å². The molecule has 15 heavy (non-hydrogen) atoms. The molecule has 2 aliphatic rings. The monoisotopic (exact) mass is 226 g/mol. The quantitative estimate of drug-likeness (QED) is 0.782. The number of hydrogen-bond acceptors (Lipinski definition) is 3. The minimum Gasteiger partial charge on any atom is -0.359 e. The van der Waals surface area contributed by atoms with Gasteiger partial charge < -0.3 is 5.32 Å². The minimum absolute atomic E-state index is 0.395. The summed E-state index contributed by atoms with van der Waals surface area (Å²) in [5.41, 5.74) is 0.395. The molecule has 86 valence electrons. The SMILES string of the molecule is CCC1(NC2=NC(C)C(C)CS2)CCC1. The second-order valence-electron chi connectivity index (χ2n) is 5.08. The van der Waals surface area contributed by atoms with Crippen molar-refractivity contribution in [2.75, 3.05) is 5.75 Å². The van der Waals surface area contributed by atoms with Crippen molar-refractivity contribution >= 4 is 16.9 Å². The number of aliphatic imine (C=N–C) groups is 1. The third-order valence-corrected chi connectivity index (χ3v) is 5.16. The van der Waals surface area contributed by atoms with Crippen LogP contribution in [-0.4, -0.2) is 22.5 Å². The van der Waals surface area contributed by atoms with Crippen LogP contribution in [0.5, 0.6) is 0 Å². The summed E-state index contributed by atoms with van der Waals surface area (Å²) < 4.78 is 0. The summed E-state index contributed by atoms with van der Waals surface area (Å²) in [5, 5.41) is 4.88. The zero-order valence-corrected chi connectivity index (χ0v) is 10.9.